The van der Waals surface area contributed by atoms with Gasteiger partial charge in [-0.05, 0) is 12.1 Å². The number of hydrogen-bond acceptors (Lipinski definition) is 10. The minimum absolute atomic E-state index is 0.0554. The molecule has 13 nitrogen and oxygen atoms in total. The van der Waals surface area contributed by atoms with E-state index in [2.05, 4.69) is 10.5 Å². The Morgan fingerprint density at radius 3 is 2.20 bits per heavy atom. The average molecular weight is 416 g/mol. The molecule has 156 valence electrons. The fraction of sp³-hybridized carbons (Fsp3) is 0.235. The van der Waals surface area contributed by atoms with Crippen LogP contribution in [-0.2, 0) is 4.74 Å². The topological polar surface area (TPSA) is 166 Å². The smallest absolute Gasteiger partial charge is 0.301 e. The Hall–Kier alpha value is -4.13. The summed E-state index contributed by atoms with van der Waals surface area (Å²) in [6.07, 6.45) is 1.31. The molecule has 1 aliphatic heterocycles. The molecular formula is C17H16N6O7. The Kier molecular flexibility index (Phi) is 6.12. The number of hydrogen-bond donors (Lipinski definition) is 1. The van der Waals surface area contributed by atoms with E-state index in [1.165, 1.54) is 24.4 Å². The molecule has 0 atom stereocenters. The molecule has 0 spiro atoms. The summed E-state index contributed by atoms with van der Waals surface area (Å²) in [5.74, 6) is 0. The molecule has 0 radical (unpaired) electrons. The molecule has 30 heavy (non-hydrogen) atoms. The van der Waals surface area contributed by atoms with E-state index >= 15 is 0 Å². The molecule has 1 aliphatic rings. The van der Waals surface area contributed by atoms with Gasteiger partial charge in [0.2, 0.25) is 0 Å². The van der Waals surface area contributed by atoms with E-state index in [4.69, 9.17) is 4.74 Å². The molecule has 1 N–H and O–H groups in total. The predicted octanol–water partition coefficient (Wildman–Crippen LogP) is 2.69. The van der Waals surface area contributed by atoms with Crippen molar-refractivity contribution < 1.29 is 19.5 Å². The zero-order chi connectivity index (χ0) is 21.7. The van der Waals surface area contributed by atoms with Gasteiger partial charge < -0.3 is 9.64 Å². The molecule has 0 aromatic heterocycles. The van der Waals surface area contributed by atoms with E-state index in [-0.39, 0.29) is 11.4 Å². The normalized spacial score (nSPS) is 13.9. The number of nitrogens with one attached hydrogen (secondary N) is 1. The van der Waals surface area contributed by atoms with Crippen molar-refractivity contribution in [2.24, 2.45) is 5.10 Å². The molecule has 0 amide bonds. The molecular weight excluding hydrogens is 400 g/mol. The van der Waals surface area contributed by atoms with Gasteiger partial charge in [0, 0.05) is 42.5 Å². The summed E-state index contributed by atoms with van der Waals surface area (Å²) in [5.41, 5.74) is 2.48. The second-order valence-electron chi connectivity index (χ2n) is 6.19. The van der Waals surface area contributed by atoms with Gasteiger partial charge in [-0.2, -0.15) is 5.10 Å². The van der Waals surface area contributed by atoms with Crippen LogP contribution in [0.15, 0.2) is 41.5 Å². The van der Waals surface area contributed by atoms with Crippen LogP contribution in [0.1, 0.15) is 5.56 Å². The third-order valence-electron chi connectivity index (χ3n) is 4.35. The molecule has 1 heterocycles. The second-order valence-corrected chi connectivity index (χ2v) is 6.19. The first-order valence-electron chi connectivity index (χ1n) is 8.70. The number of nitro groups is 3. The molecule has 2 aromatic carbocycles. The van der Waals surface area contributed by atoms with Crippen LogP contribution >= 0.6 is 0 Å². The van der Waals surface area contributed by atoms with Gasteiger partial charge in [0.25, 0.3) is 11.4 Å². The lowest BCUT2D eigenvalue weighted by atomic mass is 10.1. The van der Waals surface area contributed by atoms with E-state index in [0.29, 0.717) is 37.6 Å². The van der Waals surface area contributed by atoms with Crippen LogP contribution in [0.3, 0.4) is 0 Å². The molecule has 13 heteroatoms. The number of benzene rings is 2. The molecule has 0 bridgehead atoms. The lowest BCUT2D eigenvalue weighted by molar-refractivity contribution is -0.393. The van der Waals surface area contributed by atoms with Gasteiger partial charge in [-0.15, -0.1) is 0 Å². The second kappa shape index (κ2) is 8.91. The van der Waals surface area contributed by atoms with Crippen molar-refractivity contribution in [1.82, 2.24) is 0 Å². The van der Waals surface area contributed by atoms with Gasteiger partial charge in [-0.3, -0.25) is 35.8 Å². The summed E-state index contributed by atoms with van der Waals surface area (Å²) in [6.45, 7) is 2.22. The molecule has 1 fully saturated rings. The Balaban J connectivity index is 1.89. The summed E-state index contributed by atoms with van der Waals surface area (Å²) in [5, 5.41) is 37.1. The van der Waals surface area contributed by atoms with Crippen LogP contribution in [0.4, 0.5) is 28.4 Å². The highest BCUT2D eigenvalue weighted by molar-refractivity contribution is 5.89. The number of hydrazone groups is 1. The number of morpholine rings is 1. The lowest BCUT2D eigenvalue weighted by Gasteiger charge is -2.29. The van der Waals surface area contributed by atoms with Gasteiger partial charge in [0.05, 0.1) is 40.3 Å². The summed E-state index contributed by atoms with van der Waals surface area (Å²) in [7, 11) is 0. The number of nitrogens with zero attached hydrogens (tertiary/aromatic N) is 5. The molecule has 0 unspecified atom stereocenters. The molecule has 0 saturated carbocycles. The fourth-order valence-electron chi connectivity index (χ4n) is 2.90. The van der Waals surface area contributed by atoms with Gasteiger partial charge >= 0.3 is 5.69 Å². The van der Waals surface area contributed by atoms with Gasteiger partial charge in [-0.25, -0.2) is 0 Å². The predicted molar refractivity (Wildman–Crippen MR) is 107 cm³/mol. The third kappa shape index (κ3) is 4.64. The zero-order valence-electron chi connectivity index (χ0n) is 15.5. The van der Waals surface area contributed by atoms with Crippen molar-refractivity contribution in [3.8, 4) is 0 Å². The van der Waals surface area contributed by atoms with Crippen molar-refractivity contribution in [2.45, 2.75) is 0 Å². The zero-order valence-corrected chi connectivity index (χ0v) is 15.5. The number of anilines is 2. The van der Waals surface area contributed by atoms with E-state index < -0.39 is 26.1 Å². The summed E-state index contributed by atoms with van der Waals surface area (Å²) >= 11 is 0. The quantitative estimate of drug-likeness (QED) is 0.405. The van der Waals surface area contributed by atoms with Gasteiger partial charge in [-0.1, -0.05) is 0 Å². The Labute approximate surface area is 169 Å². The standard InChI is InChI=1S/C17H16N6O7/c24-21(25)13-2-4-16(20-5-7-30-8-6-20)12(9-13)11-18-19-15-3-1-14(22(26)27)10-17(15)23(28)29/h1-4,9-11,19H,5-8H2/b18-11-. The SMILES string of the molecule is O=[N+]([O-])c1ccc(N2CCOCC2)c(/C=N\Nc2ccc([N+](=O)[O-])cc2[N+](=O)[O-])c1. The van der Waals surface area contributed by atoms with Crippen LogP contribution in [0.25, 0.3) is 0 Å². The van der Waals surface area contributed by atoms with Crippen molar-refractivity contribution in [2.75, 3.05) is 36.6 Å². The summed E-state index contributed by atoms with van der Waals surface area (Å²) < 4.78 is 5.32. The van der Waals surface area contributed by atoms with Crippen molar-refractivity contribution in [3.63, 3.8) is 0 Å². The monoisotopic (exact) mass is 416 g/mol. The fourth-order valence-corrected chi connectivity index (χ4v) is 2.90. The molecule has 1 saturated heterocycles. The molecule has 3 rings (SSSR count). The van der Waals surface area contributed by atoms with Gasteiger partial charge in [0.15, 0.2) is 0 Å². The Bertz CT molecular complexity index is 1020. The van der Waals surface area contributed by atoms with Crippen molar-refractivity contribution >= 4 is 34.7 Å². The third-order valence-corrected chi connectivity index (χ3v) is 4.35. The number of non-ortho nitro benzene ring substituents is 2. The van der Waals surface area contributed by atoms with Crippen molar-refractivity contribution in [1.29, 1.82) is 0 Å². The Morgan fingerprint density at radius 2 is 1.57 bits per heavy atom. The maximum atomic E-state index is 11.2. The minimum atomic E-state index is -0.766. The van der Waals surface area contributed by atoms with Crippen LogP contribution < -0.4 is 10.3 Å². The van der Waals surface area contributed by atoms with Gasteiger partial charge in [0.1, 0.15) is 5.69 Å². The first-order chi connectivity index (χ1) is 14.4. The van der Waals surface area contributed by atoms with E-state index in [1.54, 1.807) is 6.07 Å². The first-order valence-corrected chi connectivity index (χ1v) is 8.70. The van der Waals surface area contributed by atoms with Crippen molar-refractivity contribution in [3.05, 3.63) is 72.3 Å². The maximum absolute atomic E-state index is 11.2. The van der Waals surface area contributed by atoms with E-state index in [0.717, 1.165) is 12.1 Å². The molecule has 2 aromatic rings. The lowest BCUT2D eigenvalue weighted by Crippen LogP contribution is -2.36. The summed E-state index contributed by atoms with van der Waals surface area (Å²) in [4.78, 5) is 33.1. The Morgan fingerprint density at radius 1 is 0.933 bits per heavy atom. The number of ether oxygens (including phenoxy) is 1. The highest BCUT2D eigenvalue weighted by Gasteiger charge is 2.20. The average Bonchev–Trinajstić information content (AvgIpc) is 2.74. The summed E-state index contributed by atoms with van der Waals surface area (Å²) in [6, 6.07) is 7.45. The maximum Gasteiger partial charge on any atom is 0.301 e. The highest BCUT2D eigenvalue weighted by Crippen LogP contribution is 2.29. The minimum Gasteiger partial charge on any atom is -0.378 e. The highest BCUT2D eigenvalue weighted by atomic mass is 16.6. The van der Waals surface area contributed by atoms with E-state index in [9.17, 15) is 30.3 Å². The number of nitro benzene ring substituents is 3. The largest absolute Gasteiger partial charge is 0.378 e. The van der Waals surface area contributed by atoms with Crippen LogP contribution in [0.2, 0.25) is 0 Å². The van der Waals surface area contributed by atoms with Crippen LogP contribution in [-0.4, -0.2) is 47.3 Å². The molecule has 0 aliphatic carbocycles. The first kappa shape index (κ1) is 20.6. The van der Waals surface area contributed by atoms with Crippen LogP contribution in [0, 0.1) is 30.3 Å². The van der Waals surface area contributed by atoms with Crippen LogP contribution in [0.5, 0.6) is 0 Å². The van der Waals surface area contributed by atoms with E-state index in [1.807, 2.05) is 4.90 Å². The number of rotatable bonds is 7.